The summed E-state index contributed by atoms with van der Waals surface area (Å²) < 4.78 is 27.6. The number of amides is 1. The van der Waals surface area contributed by atoms with E-state index in [1.54, 1.807) is 20.8 Å². The van der Waals surface area contributed by atoms with Crippen molar-refractivity contribution in [1.82, 2.24) is 14.6 Å². The van der Waals surface area contributed by atoms with Crippen molar-refractivity contribution in [1.29, 1.82) is 0 Å². The van der Waals surface area contributed by atoms with Crippen molar-refractivity contribution in [2.45, 2.75) is 31.7 Å². The number of carbonyl (C=O) groups is 2. The van der Waals surface area contributed by atoms with Crippen LogP contribution in [0.15, 0.2) is 17.2 Å². The van der Waals surface area contributed by atoms with E-state index in [4.69, 9.17) is 5.11 Å². The van der Waals surface area contributed by atoms with Gasteiger partial charge in [0.15, 0.2) is 0 Å². The number of carboxylic acids is 1. The van der Waals surface area contributed by atoms with E-state index < -0.39 is 28.4 Å². The van der Waals surface area contributed by atoms with Gasteiger partial charge in [-0.1, -0.05) is 0 Å². The van der Waals surface area contributed by atoms with Crippen LogP contribution in [0.5, 0.6) is 0 Å². The molecule has 3 N–H and O–H groups in total. The summed E-state index contributed by atoms with van der Waals surface area (Å²) in [5, 5.41) is 11.5. The molecule has 21 heavy (non-hydrogen) atoms. The number of rotatable bonds is 7. The van der Waals surface area contributed by atoms with E-state index in [2.05, 4.69) is 10.0 Å². The molecule has 1 rings (SSSR count). The van der Waals surface area contributed by atoms with Crippen molar-refractivity contribution >= 4 is 21.9 Å². The highest BCUT2D eigenvalue weighted by atomic mass is 32.2. The molecule has 0 spiro atoms. The van der Waals surface area contributed by atoms with Gasteiger partial charge in [-0.05, 0) is 26.8 Å². The van der Waals surface area contributed by atoms with E-state index in [-0.39, 0.29) is 16.6 Å². The fraction of sp³-hybridized carbons (Fsp3) is 0.500. The average molecular weight is 317 g/mol. The van der Waals surface area contributed by atoms with Crippen molar-refractivity contribution < 1.29 is 23.1 Å². The average Bonchev–Trinajstić information content (AvgIpc) is 2.83. The number of hydrogen-bond acceptors (Lipinski definition) is 4. The van der Waals surface area contributed by atoms with Gasteiger partial charge in [-0.2, -0.15) is 0 Å². The number of nitrogens with one attached hydrogen (secondary N) is 2. The summed E-state index contributed by atoms with van der Waals surface area (Å²) in [7, 11) is -3.94. The lowest BCUT2D eigenvalue weighted by atomic mass is 10.3. The Balaban J connectivity index is 3.01. The van der Waals surface area contributed by atoms with E-state index in [1.165, 1.54) is 10.8 Å². The molecule has 0 saturated carbocycles. The molecule has 0 radical (unpaired) electrons. The van der Waals surface area contributed by atoms with E-state index in [0.717, 1.165) is 6.07 Å². The third-order valence-electron chi connectivity index (χ3n) is 2.71. The van der Waals surface area contributed by atoms with Crippen molar-refractivity contribution in [2.75, 3.05) is 13.1 Å². The van der Waals surface area contributed by atoms with Crippen molar-refractivity contribution in [3.05, 3.63) is 18.0 Å². The zero-order valence-electron chi connectivity index (χ0n) is 12.1. The van der Waals surface area contributed by atoms with Crippen molar-refractivity contribution in [3.63, 3.8) is 0 Å². The summed E-state index contributed by atoms with van der Waals surface area (Å²) >= 11 is 0. The second-order valence-electron chi connectivity index (χ2n) is 4.65. The van der Waals surface area contributed by atoms with Crippen LogP contribution in [0, 0.1) is 0 Å². The molecule has 9 heteroatoms. The molecule has 1 amide bonds. The topological polar surface area (TPSA) is 118 Å². The molecule has 0 aliphatic carbocycles. The van der Waals surface area contributed by atoms with Crippen LogP contribution in [0.3, 0.4) is 0 Å². The highest BCUT2D eigenvalue weighted by Crippen LogP contribution is 2.18. The molecule has 118 valence electrons. The minimum absolute atomic E-state index is 0.122. The summed E-state index contributed by atoms with van der Waals surface area (Å²) in [5.41, 5.74) is -0.122. The highest BCUT2D eigenvalue weighted by Gasteiger charge is 2.22. The first-order valence-electron chi connectivity index (χ1n) is 6.40. The molecule has 0 fully saturated rings. The SMILES string of the molecule is CCNC(=O)CNS(=O)(=O)c1cc(C(=O)O)n(C(C)C)c1. The third-order valence-corrected chi connectivity index (χ3v) is 4.07. The van der Waals surface area contributed by atoms with Crippen LogP contribution < -0.4 is 10.0 Å². The molecule has 1 aromatic rings. The Morgan fingerprint density at radius 3 is 2.43 bits per heavy atom. The predicted molar refractivity (Wildman–Crippen MR) is 75.6 cm³/mol. The third kappa shape index (κ3) is 4.30. The zero-order chi connectivity index (χ0) is 16.2. The van der Waals surface area contributed by atoms with E-state index in [9.17, 15) is 18.0 Å². The summed E-state index contributed by atoms with van der Waals surface area (Å²) in [4.78, 5) is 22.2. The quantitative estimate of drug-likeness (QED) is 0.663. The first kappa shape index (κ1) is 17.2. The smallest absolute Gasteiger partial charge is 0.352 e. The van der Waals surface area contributed by atoms with Crippen LogP contribution in [0.1, 0.15) is 37.3 Å². The van der Waals surface area contributed by atoms with E-state index in [0.29, 0.717) is 6.54 Å². The van der Waals surface area contributed by atoms with Gasteiger partial charge < -0.3 is 15.0 Å². The standard InChI is InChI=1S/C12H19N3O5S/c1-4-13-11(16)6-14-21(19,20)9-5-10(12(17)18)15(7-9)8(2)3/h5,7-8,14H,4,6H2,1-3H3,(H,13,16)(H,17,18). The van der Waals surface area contributed by atoms with Crippen molar-refractivity contribution in [2.24, 2.45) is 0 Å². The number of carboxylic acid groups (broad SMARTS) is 1. The molecular weight excluding hydrogens is 298 g/mol. The summed E-state index contributed by atoms with van der Waals surface area (Å²) in [6.07, 6.45) is 1.24. The minimum Gasteiger partial charge on any atom is -0.477 e. The number of hydrogen-bond donors (Lipinski definition) is 3. The zero-order valence-corrected chi connectivity index (χ0v) is 12.9. The molecule has 0 bridgehead atoms. The lowest BCUT2D eigenvalue weighted by molar-refractivity contribution is -0.119. The maximum atomic E-state index is 12.1. The number of sulfonamides is 1. The number of nitrogens with zero attached hydrogens (tertiary/aromatic N) is 1. The van der Waals surface area contributed by atoms with Crippen LogP contribution >= 0.6 is 0 Å². The maximum absolute atomic E-state index is 12.1. The molecule has 0 aliphatic rings. The first-order valence-corrected chi connectivity index (χ1v) is 7.89. The Morgan fingerprint density at radius 1 is 1.38 bits per heavy atom. The first-order chi connectivity index (χ1) is 9.69. The summed E-state index contributed by atoms with van der Waals surface area (Å²) in [5.74, 6) is -1.67. The molecule has 0 aromatic carbocycles. The Kier molecular flexibility index (Phi) is 5.50. The van der Waals surface area contributed by atoms with Crippen LogP contribution in [0.25, 0.3) is 0 Å². The Bertz CT molecular complexity index is 633. The molecule has 0 atom stereocenters. The van der Waals surface area contributed by atoms with Gasteiger partial charge in [-0.3, -0.25) is 4.79 Å². The van der Waals surface area contributed by atoms with Gasteiger partial charge in [-0.15, -0.1) is 0 Å². The van der Waals surface area contributed by atoms with E-state index >= 15 is 0 Å². The van der Waals surface area contributed by atoms with Gasteiger partial charge in [0.2, 0.25) is 15.9 Å². The minimum atomic E-state index is -3.94. The molecular formula is C12H19N3O5S. The van der Waals surface area contributed by atoms with E-state index in [1.807, 2.05) is 0 Å². The van der Waals surface area contributed by atoms with Crippen LogP contribution in [0.2, 0.25) is 0 Å². The molecule has 1 heterocycles. The Hall–Kier alpha value is -1.87. The van der Waals surface area contributed by atoms with Gasteiger partial charge in [0.05, 0.1) is 6.54 Å². The van der Waals surface area contributed by atoms with Gasteiger partial charge >= 0.3 is 5.97 Å². The van der Waals surface area contributed by atoms with Gasteiger partial charge in [0.1, 0.15) is 10.6 Å². The number of aromatic nitrogens is 1. The van der Waals surface area contributed by atoms with Crippen LogP contribution in [-0.4, -0.2) is 43.1 Å². The number of aromatic carboxylic acids is 1. The predicted octanol–water partition coefficient (Wildman–Crippen LogP) is 0.182. The van der Waals surface area contributed by atoms with Gasteiger partial charge in [0, 0.05) is 18.8 Å². The summed E-state index contributed by atoms with van der Waals surface area (Å²) in [6, 6.07) is 0.867. The molecule has 1 aromatic heterocycles. The largest absolute Gasteiger partial charge is 0.477 e. The van der Waals surface area contributed by atoms with Crippen LogP contribution in [0.4, 0.5) is 0 Å². The molecule has 0 aliphatic heterocycles. The number of carbonyl (C=O) groups excluding carboxylic acids is 1. The van der Waals surface area contributed by atoms with Gasteiger partial charge in [0.25, 0.3) is 0 Å². The fourth-order valence-electron chi connectivity index (χ4n) is 1.70. The Morgan fingerprint density at radius 2 is 2.00 bits per heavy atom. The lowest BCUT2D eigenvalue weighted by Gasteiger charge is -2.09. The monoisotopic (exact) mass is 317 g/mol. The fourth-order valence-corrected chi connectivity index (χ4v) is 2.71. The molecule has 8 nitrogen and oxygen atoms in total. The van der Waals surface area contributed by atoms with Crippen LogP contribution in [-0.2, 0) is 14.8 Å². The van der Waals surface area contributed by atoms with Gasteiger partial charge in [-0.25, -0.2) is 17.9 Å². The lowest BCUT2D eigenvalue weighted by Crippen LogP contribution is -2.36. The highest BCUT2D eigenvalue weighted by molar-refractivity contribution is 7.89. The second-order valence-corrected chi connectivity index (χ2v) is 6.41. The molecule has 0 saturated heterocycles. The summed E-state index contributed by atoms with van der Waals surface area (Å²) in [6.45, 7) is 5.20. The number of likely N-dealkylation sites (N-methyl/N-ethyl adjacent to an activating group) is 1. The Labute approximate surface area is 123 Å². The molecule has 0 unspecified atom stereocenters. The van der Waals surface area contributed by atoms with Crippen molar-refractivity contribution in [3.8, 4) is 0 Å². The normalized spacial score (nSPS) is 11.6. The maximum Gasteiger partial charge on any atom is 0.352 e. The second kappa shape index (κ2) is 6.72.